The molecule has 0 amide bonds. The summed E-state index contributed by atoms with van der Waals surface area (Å²) in [5.74, 6) is 0. The zero-order chi connectivity index (χ0) is 14.3. The maximum absolute atomic E-state index is 12.6. The van der Waals surface area contributed by atoms with Gasteiger partial charge in [0.05, 0.1) is 15.7 Å². The molecule has 0 unspecified atom stereocenters. The van der Waals surface area contributed by atoms with Gasteiger partial charge in [-0.15, -0.1) is 0 Å². The summed E-state index contributed by atoms with van der Waals surface area (Å²) in [5.41, 5.74) is 1.78. The lowest BCUT2D eigenvalue weighted by Crippen LogP contribution is -2.04. The average Bonchev–Trinajstić information content (AvgIpc) is 2.76. The second-order valence-electron chi connectivity index (χ2n) is 4.43. The Morgan fingerprint density at radius 3 is 2.15 bits per heavy atom. The first kappa shape index (κ1) is 13.2. The molecule has 0 saturated heterocycles. The Kier molecular flexibility index (Phi) is 3.09. The molecule has 2 aromatic carbocycles. The highest BCUT2D eigenvalue weighted by Gasteiger charge is 2.30. The van der Waals surface area contributed by atoms with E-state index in [-0.39, 0.29) is 0 Å². The van der Waals surface area contributed by atoms with Gasteiger partial charge in [0.2, 0.25) is 0 Å². The van der Waals surface area contributed by atoms with E-state index in [2.05, 4.69) is 20.9 Å². The summed E-state index contributed by atoms with van der Waals surface area (Å²) >= 11 is 3.49. The minimum Gasteiger partial charge on any atom is -0.354 e. The molecule has 3 rings (SSSR count). The summed E-state index contributed by atoms with van der Waals surface area (Å²) in [5, 5.41) is 1.00. The summed E-state index contributed by atoms with van der Waals surface area (Å²) in [7, 11) is 0. The van der Waals surface area contributed by atoms with Gasteiger partial charge in [0.1, 0.15) is 0 Å². The summed E-state index contributed by atoms with van der Waals surface area (Å²) in [6.45, 7) is 0. The number of halogens is 4. The number of aromatic nitrogens is 1. The molecule has 0 aliphatic carbocycles. The molecule has 0 aliphatic heterocycles. The third-order valence-corrected chi connectivity index (χ3v) is 3.97. The van der Waals surface area contributed by atoms with Crippen molar-refractivity contribution in [2.45, 2.75) is 6.18 Å². The topological polar surface area (TPSA) is 15.8 Å². The van der Waals surface area contributed by atoms with Gasteiger partial charge >= 0.3 is 6.18 Å². The van der Waals surface area contributed by atoms with E-state index in [1.165, 1.54) is 12.1 Å². The molecular weight excluding hydrogens is 331 g/mol. The number of rotatable bonds is 1. The minimum atomic E-state index is -4.31. The fraction of sp³-hybridized carbons (Fsp3) is 0.0667. The van der Waals surface area contributed by atoms with Gasteiger partial charge in [-0.05, 0) is 39.7 Å². The molecule has 102 valence electrons. The van der Waals surface area contributed by atoms with Crippen molar-refractivity contribution in [3.8, 4) is 11.3 Å². The third-order valence-electron chi connectivity index (χ3n) is 3.14. The van der Waals surface area contributed by atoms with Crippen LogP contribution in [-0.4, -0.2) is 4.98 Å². The minimum absolute atomic E-state index is 0.645. The lowest BCUT2D eigenvalue weighted by molar-refractivity contribution is -0.137. The second kappa shape index (κ2) is 4.66. The maximum atomic E-state index is 12.6. The molecule has 20 heavy (non-hydrogen) atoms. The molecule has 0 aliphatic rings. The molecule has 1 heterocycles. The van der Waals surface area contributed by atoms with E-state index in [1.807, 2.05) is 24.3 Å². The molecule has 0 bridgehead atoms. The molecule has 1 aromatic heterocycles. The number of fused-ring (bicyclic) bond motifs is 1. The van der Waals surface area contributed by atoms with Crippen LogP contribution >= 0.6 is 15.9 Å². The number of hydrogen-bond donors (Lipinski definition) is 1. The van der Waals surface area contributed by atoms with Gasteiger partial charge < -0.3 is 4.98 Å². The van der Waals surface area contributed by atoms with Crippen LogP contribution in [0.3, 0.4) is 0 Å². The molecule has 0 saturated carbocycles. The number of hydrogen-bond acceptors (Lipinski definition) is 0. The quantitative estimate of drug-likeness (QED) is 0.592. The molecular formula is C15H9BrF3N. The molecule has 0 spiro atoms. The van der Waals surface area contributed by atoms with Crippen LogP contribution in [0.25, 0.3) is 22.2 Å². The molecule has 0 atom stereocenters. The highest BCUT2D eigenvalue weighted by atomic mass is 79.9. The van der Waals surface area contributed by atoms with E-state index in [4.69, 9.17) is 0 Å². The van der Waals surface area contributed by atoms with Gasteiger partial charge in [-0.2, -0.15) is 13.2 Å². The van der Waals surface area contributed by atoms with E-state index in [9.17, 15) is 13.2 Å². The number of aromatic amines is 1. The molecule has 0 fully saturated rings. The van der Waals surface area contributed by atoms with Crippen LogP contribution < -0.4 is 0 Å². The zero-order valence-corrected chi connectivity index (χ0v) is 11.7. The summed E-state index contributed by atoms with van der Waals surface area (Å²) in [4.78, 5) is 3.21. The number of H-pyrrole nitrogens is 1. The van der Waals surface area contributed by atoms with Crippen molar-refractivity contribution < 1.29 is 13.2 Å². The Bertz CT molecular complexity index is 757. The van der Waals surface area contributed by atoms with Gasteiger partial charge in [-0.3, -0.25) is 0 Å². The number of nitrogens with one attached hydrogen (secondary N) is 1. The molecule has 1 nitrogen and oxygen atoms in total. The Labute approximate surface area is 121 Å². The van der Waals surface area contributed by atoms with Crippen molar-refractivity contribution >= 4 is 26.8 Å². The summed E-state index contributed by atoms with van der Waals surface area (Å²) in [6, 6.07) is 12.8. The van der Waals surface area contributed by atoms with Crippen LogP contribution in [0.15, 0.2) is 53.0 Å². The van der Waals surface area contributed by atoms with Crippen LogP contribution in [0.5, 0.6) is 0 Å². The van der Waals surface area contributed by atoms with Gasteiger partial charge in [0.25, 0.3) is 0 Å². The predicted molar refractivity (Wildman–Crippen MR) is 76.4 cm³/mol. The number of benzene rings is 2. The van der Waals surface area contributed by atoms with Crippen molar-refractivity contribution in [1.82, 2.24) is 4.98 Å². The Morgan fingerprint density at radius 1 is 0.900 bits per heavy atom. The van der Waals surface area contributed by atoms with E-state index < -0.39 is 11.7 Å². The van der Waals surface area contributed by atoms with E-state index >= 15 is 0 Å². The fourth-order valence-electron chi connectivity index (χ4n) is 2.13. The largest absolute Gasteiger partial charge is 0.416 e. The van der Waals surface area contributed by atoms with Crippen LogP contribution in [0.2, 0.25) is 0 Å². The number of para-hydroxylation sites is 1. The van der Waals surface area contributed by atoms with Crippen molar-refractivity contribution in [3.05, 3.63) is 58.6 Å². The lowest BCUT2D eigenvalue weighted by atomic mass is 10.1. The zero-order valence-electron chi connectivity index (χ0n) is 10.1. The Balaban J connectivity index is 2.09. The molecule has 3 aromatic rings. The maximum Gasteiger partial charge on any atom is 0.416 e. The van der Waals surface area contributed by atoms with E-state index in [0.29, 0.717) is 5.56 Å². The standard InChI is InChI=1S/C15H9BrF3N/c16-13-11-3-1-2-4-12(11)20-14(13)9-5-7-10(8-6-9)15(17,18)19/h1-8,20H. The molecule has 5 heteroatoms. The summed E-state index contributed by atoms with van der Waals surface area (Å²) < 4.78 is 38.5. The van der Waals surface area contributed by atoms with Crippen LogP contribution in [0.4, 0.5) is 13.2 Å². The molecule has 0 radical (unpaired) electrons. The highest BCUT2D eigenvalue weighted by molar-refractivity contribution is 9.10. The lowest BCUT2D eigenvalue weighted by Gasteiger charge is -2.07. The highest BCUT2D eigenvalue weighted by Crippen LogP contribution is 2.36. The van der Waals surface area contributed by atoms with Crippen molar-refractivity contribution in [2.75, 3.05) is 0 Å². The first-order valence-corrected chi connectivity index (χ1v) is 6.70. The SMILES string of the molecule is FC(F)(F)c1ccc(-c2[nH]c3ccccc3c2Br)cc1. The van der Waals surface area contributed by atoms with Crippen molar-refractivity contribution in [1.29, 1.82) is 0 Å². The Hall–Kier alpha value is -1.75. The van der Waals surface area contributed by atoms with Gasteiger partial charge in [-0.1, -0.05) is 30.3 Å². The first-order valence-electron chi connectivity index (χ1n) is 5.90. The van der Waals surface area contributed by atoms with Crippen molar-refractivity contribution in [2.24, 2.45) is 0 Å². The summed E-state index contributed by atoms with van der Waals surface area (Å²) in [6.07, 6.45) is -4.31. The monoisotopic (exact) mass is 339 g/mol. The smallest absolute Gasteiger partial charge is 0.354 e. The second-order valence-corrected chi connectivity index (χ2v) is 5.23. The number of alkyl halides is 3. The van der Waals surface area contributed by atoms with Crippen molar-refractivity contribution in [3.63, 3.8) is 0 Å². The van der Waals surface area contributed by atoms with E-state index in [0.717, 1.165) is 33.2 Å². The third kappa shape index (κ3) is 2.22. The first-order chi connectivity index (χ1) is 9.47. The van der Waals surface area contributed by atoms with Crippen LogP contribution in [0.1, 0.15) is 5.56 Å². The normalized spacial score (nSPS) is 12.0. The van der Waals surface area contributed by atoms with Crippen LogP contribution in [-0.2, 0) is 6.18 Å². The van der Waals surface area contributed by atoms with Gasteiger partial charge in [-0.25, -0.2) is 0 Å². The van der Waals surface area contributed by atoms with E-state index in [1.54, 1.807) is 0 Å². The van der Waals surface area contributed by atoms with Gasteiger partial charge in [0, 0.05) is 10.9 Å². The predicted octanol–water partition coefficient (Wildman–Crippen LogP) is 5.62. The fourth-order valence-corrected chi connectivity index (χ4v) is 2.81. The molecule has 1 N–H and O–H groups in total. The average molecular weight is 340 g/mol. The Morgan fingerprint density at radius 2 is 1.55 bits per heavy atom. The van der Waals surface area contributed by atoms with Crippen LogP contribution in [0, 0.1) is 0 Å². The van der Waals surface area contributed by atoms with Gasteiger partial charge in [0.15, 0.2) is 0 Å².